The standard InChI is InChI=1S/C14H21NO3S/c1-18-13-8-5-6-11(14(13)19(2,16)17)10-12-7-3-4-9-15-12/h5-6,8,12,15H,3-4,7,9-10H2,1-2H3. The minimum absolute atomic E-state index is 0.338. The maximum absolute atomic E-state index is 12.0. The van der Waals surface area contributed by atoms with E-state index in [0.29, 0.717) is 16.7 Å². The molecule has 0 spiro atoms. The Morgan fingerprint density at radius 1 is 1.37 bits per heavy atom. The fraction of sp³-hybridized carbons (Fsp3) is 0.571. The molecule has 0 saturated carbocycles. The Labute approximate surface area is 115 Å². The van der Waals surface area contributed by atoms with E-state index in [9.17, 15) is 8.42 Å². The Kier molecular flexibility index (Phi) is 4.47. The molecule has 5 heteroatoms. The van der Waals surface area contributed by atoms with Crippen molar-refractivity contribution in [1.29, 1.82) is 0 Å². The second-order valence-electron chi connectivity index (χ2n) is 5.07. The summed E-state index contributed by atoms with van der Waals surface area (Å²) in [7, 11) is -1.77. The van der Waals surface area contributed by atoms with Gasteiger partial charge in [-0.15, -0.1) is 0 Å². The molecule has 1 aromatic rings. The Balaban J connectivity index is 2.33. The first kappa shape index (κ1) is 14.3. The van der Waals surface area contributed by atoms with Gasteiger partial charge < -0.3 is 10.1 Å². The number of benzene rings is 1. The minimum Gasteiger partial charge on any atom is -0.495 e. The van der Waals surface area contributed by atoms with Crippen LogP contribution in [0.3, 0.4) is 0 Å². The van der Waals surface area contributed by atoms with Crippen LogP contribution in [0.15, 0.2) is 23.1 Å². The molecular formula is C14H21NO3S. The lowest BCUT2D eigenvalue weighted by Crippen LogP contribution is -2.35. The van der Waals surface area contributed by atoms with Gasteiger partial charge in [0.15, 0.2) is 9.84 Å². The highest BCUT2D eigenvalue weighted by Gasteiger charge is 2.22. The minimum atomic E-state index is -3.28. The van der Waals surface area contributed by atoms with Gasteiger partial charge in [-0.25, -0.2) is 8.42 Å². The van der Waals surface area contributed by atoms with Gasteiger partial charge in [-0.1, -0.05) is 18.6 Å². The molecule has 1 aliphatic heterocycles. The molecule has 0 aromatic heterocycles. The van der Waals surface area contributed by atoms with E-state index in [4.69, 9.17) is 4.74 Å². The van der Waals surface area contributed by atoms with Crippen LogP contribution in [0.4, 0.5) is 0 Å². The number of nitrogens with one attached hydrogen (secondary N) is 1. The van der Waals surface area contributed by atoms with Gasteiger partial charge in [0.25, 0.3) is 0 Å². The third kappa shape index (κ3) is 3.48. The normalized spacial score (nSPS) is 20.2. The third-order valence-corrected chi connectivity index (χ3v) is 4.73. The van der Waals surface area contributed by atoms with Gasteiger partial charge in [-0.2, -0.15) is 0 Å². The largest absolute Gasteiger partial charge is 0.495 e. The van der Waals surface area contributed by atoms with Crippen LogP contribution in [0.5, 0.6) is 5.75 Å². The molecule has 2 rings (SSSR count). The molecule has 0 bridgehead atoms. The molecule has 19 heavy (non-hydrogen) atoms. The van der Waals surface area contributed by atoms with Gasteiger partial charge in [0.05, 0.1) is 7.11 Å². The first-order chi connectivity index (χ1) is 9.02. The van der Waals surface area contributed by atoms with Crippen molar-refractivity contribution in [2.45, 2.75) is 36.6 Å². The Bertz CT molecular complexity index is 534. The second-order valence-corrected chi connectivity index (χ2v) is 7.02. The highest BCUT2D eigenvalue weighted by atomic mass is 32.2. The summed E-state index contributed by atoms with van der Waals surface area (Å²) >= 11 is 0. The highest BCUT2D eigenvalue weighted by molar-refractivity contribution is 7.90. The molecule has 4 nitrogen and oxygen atoms in total. The van der Waals surface area contributed by atoms with Crippen LogP contribution in [0, 0.1) is 0 Å². The van der Waals surface area contributed by atoms with E-state index < -0.39 is 9.84 Å². The van der Waals surface area contributed by atoms with Gasteiger partial charge in [0.2, 0.25) is 0 Å². The van der Waals surface area contributed by atoms with Gasteiger partial charge in [0.1, 0.15) is 10.6 Å². The van der Waals surface area contributed by atoms with E-state index in [1.165, 1.54) is 26.2 Å². The van der Waals surface area contributed by atoms with E-state index >= 15 is 0 Å². The molecule has 1 aromatic carbocycles. The number of hydrogen-bond acceptors (Lipinski definition) is 4. The van der Waals surface area contributed by atoms with Crippen LogP contribution >= 0.6 is 0 Å². The average Bonchev–Trinajstić information content (AvgIpc) is 2.38. The van der Waals surface area contributed by atoms with Crippen molar-refractivity contribution in [3.05, 3.63) is 23.8 Å². The summed E-state index contributed by atoms with van der Waals surface area (Å²) in [5, 5.41) is 3.45. The smallest absolute Gasteiger partial charge is 0.179 e. The SMILES string of the molecule is COc1cccc(CC2CCCCN2)c1S(C)(=O)=O. The van der Waals surface area contributed by atoms with Crippen molar-refractivity contribution in [2.24, 2.45) is 0 Å². The van der Waals surface area contributed by atoms with Crippen LogP contribution in [0.1, 0.15) is 24.8 Å². The number of ether oxygens (including phenoxy) is 1. The molecule has 1 N–H and O–H groups in total. The number of sulfone groups is 1. The predicted molar refractivity (Wildman–Crippen MR) is 75.4 cm³/mol. The van der Waals surface area contributed by atoms with Crippen molar-refractivity contribution >= 4 is 9.84 Å². The molecule has 0 aliphatic carbocycles. The van der Waals surface area contributed by atoms with Crippen molar-refractivity contribution in [3.8, 4) is 5.75 Å². The molecule has 1 unspecified atom stereocenters. The molecule has 1 fully saturated rings. The quantitative estimate of drug-likeness (QED) is 0.915. The van der Waals surface area contributed by atoms with Crippen LogP contribution in [0.2, 0.25) is 0 Å². The number of hydrogen-bond donors (Lipinski definition) is 1. The van der Waals surface area contributed by atoms with Gasteiger partial charge >= 0.3 is 0 Å². The van der Waals surface area contributed by atoms with Gasteiger partial charge in [-0.05, 0) is 37.4 Å². The molecule has 1 atom stereocenters. The maximum Gasteiger partial charge on any atom is 0.179 e. The molecule has 106 valence electrons. The van der Waals surface area contributed by atoms with E-state index in [0.717, 1.165) is 24.9 Å². The van der Waals surface area contributed by atoms with Gasteiger partial charge in [0, 0.05) is 12.3 Å². The average molecular weight is 283 g/mol. The first-order valence-corrected chi connectivity index (χ1v) is 8.51. The predicted octanol–water partition coefficient (Wildman–Crippen LogP) is 1.78. The zero-order chi connectivity index (χ0) is 13.9. The Morgan fingerprint density at radius 3 is 2.74 bits per heavy atom. The summed E-state index contributed by atoms with van der Waals surface area (Å²) in [6, 6.07) is 5.80. The molecular weight excluding hydrogens is 262 g/mol. The summed E-state index contributed by atoms with van der Waals surface area (Å²) in [6.45, 7) is 1.02. The number of piperidine rings is 1. The zero-order valence-corrected chi connectivity index (χ0v) is 12.3. The topological polar surface area (TPSA) is 55.4 Å². The molecule has 0 amide bonds. The monoisotopic (exact) mass is 283 g/mol. The van der Waals surface area contributed by atoms with Crippen LogP contribution < -0.4 is 10.1 Å². The fourth-order valence-electron chi connectivity index (χ4n) is 2.67. The molecule has 1 heterocycles. The van der Waals surface area contributed by atoms with Crippen LogP contribution in [0.25, 0.3) is 0 Å². The van der Waals surface area contributed by atoms with Crippen molar-refractivity contribution in [3.63, 3.8) is 0 Å². The number of methoxy groups -OCH3 is 1. The lowest BCUT2D eigenvalue weighted by Gasteiger charge is -2.24. The first-order valence-electron chi connectivity index (χ1n) is 6.61. The van der Waals surface area contributed by atoms with Crippen molar-refractivity contribution in [1.82, 2.24) is 5.32 Å². The van der Waals surface area contributed by atoms with E-state index in [2.05, 4.69) is 5.32 Å². The molecule has 1 saturated heterocycles. The summed E-state index contributed by atoms with van der Waals surface area (Å²) in [5.74, 6) is 0.441. The van der Waals surface area contributed by atoms with E-state index in [-0.39, 0.29) is 0 Å². The summed E-state index contributed by atoms with van der Waals surface area (Å²) < 4.78 is 29.2. The van der Waals surface area contributed by atoms with Crippen LogP contribution in [-0.4, -0.2) is 34.4 Å². The Hall–Kier alpha value is -1.07. The number of rotatable bonds is 4. The molecule has 1 aliphatic rings. The Morgan fingerprint density at radius 2 is 2.16 bits per heavy atom. The van der Waals surface area contributed by atoms with Gasteiger partial charge in [-0.3, -0.25) is 0 Å². The van der Waals surface area contributed by atoms with E-state index in [1.807, 2.05) is 12.1 Å². The summed E-state index contributed by atoms with van der Waals surface area (Å²) in [4.78, 5) is 0.338. The molecule has 0 radical (unpaired) electrons. The van der Waals surface area contributed by atoms with E-state index in [1.54, 1.807) is 6.07 Å². The van der Waals surface area contributed by atoms with Crippen LogP contribution in [-0.2, 0) is 16.3 Å². The zero-order valence-electron chi connectivity index (χ0n) is 11.5. The third-order valence-electron chi connectivity index (χ3n) is 3.53. The summed E-state index contributed by atoms with van der Waals surface area (Å²) in [5.41, 5.74) is 0.848. The van der Waals surface area contributed by atoms with Crippen molar-refractivity contribution < 1.29 is 13.2 Å². The highest BCUT2D eigenvalue weighted by Crippen LogP contribution is 2.29. The maximum atomic E-state index is 12.0. The second kappa shape index (κ2) is 5.92. The lowest BCUT2D eigenvalue weighted by molar-refractivity contribution is 0.388. The summed E-state index contributed by atoms with van der Waals surface area (Å²) in [6.07, 6.45) is 5.48. The van der Waals surface area contributed by atoms with Crippen molar-refractivity contribution in [2.75, 3.05) is 19.9 Å². The fourth-order valence-corrected chi connectivity index (χ4v) is 3.81. The lowest BCUT2D eigenvalue weighted by atomic mass is 9.97.